The van der Waals surface area contributed by atoms with E-state index in [-0.39, 0.29) is 19.3 Å². The molecule has 0 atom stereocenters. The molecule has 90 valence electrons. The van der Waals surface area contributed by atoms with Crippen molar-refractivity contribution in [1.82, 2.24) is 4.90 Å². The fraction of sp³-hybridized carbons (Fsp3) is 0.889. The molecule has 1 amide bonds. The second-order valence-electron chi connectivity index (χ2n) is 2.96. The zero-order valence-corrected chi connectivity index (χ0v) is 9.27. The minimum absolute atomic E-state index is 0.0143. The van der Waals surface area contributed by atoms with Gasteiger partial charge in [-0.05, 0) is 0 Å². The molecule has 6 nitrogen and oxygen atoms in total. The van der Waals surface area contributed by atoms with Crippen LogP contribution in [0.1, 0.15) is 0 Å². The predicted octanol–water partition coefficient (Wildman–Crippen LogP) is -0.290. The zero-order valence-electron chi connectivity index (χ0n) is 9.27. The molecule has 6 heteroatoms. The summed E-state index contributed by atoms with van der Waals surface area (Å²) in [6.45, 7) is 1.78. The zero-order chi connectivity index (χ0) is 11.5. The number of hydrogen-bond donors (Lipinski definition) is 1. The highest BCUT2D eigenvalue weighted by Crippen LogP contribution is 1.86. The van der Waals surface area contributed by atoms with E-state index in [1.165, 1.54) is 4.90 Å². The van der Waals surface area contributed by atoms with Gasteiger partial charge in [-0.1, -0.05) is 0 Å². The number of ether oxygens (including phenoxy) is 3. The molecule has 0 radical (unpaired) electrons. The Morgan fingerprint density at radius 3 is 2.13 bits per heavy atom. The molecule has 0 spiro atoms. The van der Waals surface area contributed by atoms with Gasteiger partial charge in [-0.2, -0.15) is 0 Å². The molecule has 0 heterocycles. The molecule has 0 aliphatic heterocycles. The van der Waals surface area contributed by atoms with Crippen LogP contribution in [0.3, 0.4) is 0 Å². The van der Waals surface area contributed by atoms with Gasteiger partial charge in [0.15, 0.2) is 0 Å². The summed E-state index contributed by atoms with van der Waals surface area (Å²) in [5.74, 6) is 0. The molecule has 15 heavy (non-hydrogen) atoms. The average molecular weight is 221 g/mol. The summed E-state index contributed by atoms with van der Waals surface area (Å²) >= 11 is 0. The van der Waals surface area contributed by atoms with Gasteiger partial charge < -0.3 is 24.2 Å². The maximum Gasteiger partial charge on any atom is 0.409 e. The molecule has 0 bridgehead atoms. The highest BCUT2D eigenvalue weighted by molar-refractivity contribution is 5.66. The second kappa shape index (κ2) is 9.70. The van der Waals surface area contributed by atoms with E-state index in [4.69, 9.17) is 19.3 Å². The van der Waals surface area contributed by atoms with Crippen LogP contribution >= 0.6 is 0 Å². The van der Waals surface area contributed by atoms with E-state index in [2.05, 4.69) is 0 Å². The van der Waals surface area contributed by atoms with E-state index in [0.717, 1.165) is 0 Å². The quantitative estimate of drug-likeness (QED) is 0.570. The maximum atomic E-state index is 10.9. The van der Waals surface area contributed by atoms with Gasteiger partial charge in [0.1, 0.15) is 6.61 Å². The van der Waals surface area contributed by atoms with Crippen LogP contribution in [-0.4, -0.2) is 69.8 Å². The molecule has 0 unspecified atom stereocenters. The van der Waals surface area contributed by atoms with Crippen LogP contribution in [0, 0.1) is 0 Å². The summed E-state index contributed by atoms with van der Waals surface area (Å²) in [6, 6.07) is 0. The predicted molar refractivity (Wildman–Crippen MR) is 53.8 cm³/mol. The summed E-state index contributed by atoms with van der Waals surface area (Å²) in [5.41, 5.74) is 0. The molecule has 0 aromatic rings. The van der Waals surface area contributed by atoms with Crippen LogP contribution in [0.5, 0.6) is 0 Å². The summed E-state index contributed by atoms with van der Waals surface area (Å²) in [4.78, 5) is 12.3. The average Bonchev–Trinajstić information content (AvgIpc) is 2.21. The van der Waals surface area contributed by atoms with Crippen LogP contribution in [0.2, 0.25) is 0 Å². The summed E-state index contributed by atoms with van der Waals surface area (Å²) < 4.78 is 14.9. The number of nitrogens with zero attached hydrogens (tertiary/aromatic N) is 1. The standard InChI is InChI=1S/C9H19NO5/c1-10(2)9(12)15-8-7-14-6-5-13-4-3-11/h11H,3-8H2,1-2H3. The number of carbonyl (C=O) groups excluding carboxylic acids is 1. The number of aliphatic hydroxyl groups is 1. The van der Waals surface area contributed by atoms with E-state index in [0.29, 0.717) is 26.4 Å². The van der Waals surface area contributed by atoms with Crippen LogP contribution in [-0.2, 0) is 14.2 Å². The third-order valence-electron chi connectivity index (χ3n) is 1.43. The third kappa shape index (κ3) is 9.45. The molecule has 0 rings (SSSR count). The molecule has 0 aromatic heterocycles. The molecule has 0 saturated carbocycles. The van der Waals surface area contributed by atoms with Crippen molar-refractivity contribution in [2.24, 2.45) is 0 Å². The van der Waals surface area contributed by atoms with E-state index in [1.54, 1.807) is 14.1 Å². The van der Waals surface area contributed by atoms with Gasteiger partial charge in [0.2, 0.25) is 0 Å². The Morgan fingerprint density at radius 1 is 1.07 bits per heavy atom. The smallest absolute Gasteiger partial charge is 0.409 e. The minimum Gasteiger partial charge on any atom is -0.447 e. The molecule has 0 aliphatic rings. The molecular weight excluding hydrogens is 202 g/mol. The van der Waals surface area contributed by atoms with Gasteiger partial charge >= 0.3 is 6.09 Å². The number of carbonyl (C=O) groups is 1. The Balaban J connectivity index is 3.08. The molecule has 0 saturated heterocycles. The van der Waals surface area contributed by atoms with Crippen molar-refractivity contribution < 1.29 is 24.1 Å². The SMILES string of the molecule is CN(C)C(=O)OCCOCCOCCO. The van der Waals surface area contributed by atoms with Crippen LogP contribution in [0.15, 0.2) is 0 Å². The Labute approximate surface area is 89.7 Å². The van der Waals surface area contributed by atoms with Gasteiger partial charge in [-0.15, -0.1) is 0 Å². The van der Waals surface area contributed by atoms with Crippen LogP contribution < -0.4 is 0 Å². The lowest BCUT2D eigenvalue weighted by Gasteiger charge is -2.10. The van der Waals surface area contributed by atoms with Crippen LogP contribution in [0.25, 0.3) is 0 Å². The number of aliphatic hydroxyl groups excluding tert-OH is 1. The Hall–Kier alpha value is -0.850. The van der Waals surface area contributed by atoms with Gasteiger partial charge in [-0.3, -0.25) is 0 Å². The molecule has 1 N–H and O–H groups in total. The van der Waals surface area contributed by atoms with E-state index in [1.807, 2.05) is 0 Å². The van der Waals surface area contributed by atoms with Gasteiger partial charge in [0.05, 0.1) is 33.0 Å². The summed E-state index contributed by atoms with van der Waals surface area (Å²) in [5, 5.41) is 8.39. The highest BCUT2D eigenvalue weighted by Gasteiger charge is 2.02. The van der Waals surface area contributed by atoms with Crippen molar-refractivity contribution in [1.29, 1.82) is 0 Å². The van der Waals surface area contributed by atoms with Crippen molar-refractivity contribution in [3.05, 3.63) is 0 Å². The first kappa shape index (κ1) is 14.2. The topological polar surface area (TPSA) is 68.2 Å². The number of rotatable bonds is 8. The second-order valence-corrected chi connectivity index (χ2v) is 2.96. The van der Waals surface area contributed by atoms with Gasteiger partial charge in [0.25, 0.3) is 0 Å². The fourth-order valence-electron chi connectivity index (χ4n) is 0.704. The van der Waals surface area contributed by atoms with E-state index >= 15 is 0 Å². The summed E-state index contributed by atoms with van der Waals surface area (Å²) in [7, 11) is 3.23. The van der Waals surface area contributed by atoms with Crippen molar-refractivity contribution in [2.45, 2.75) is 0 Å². The molecule has 0 aliphatic carbocycles. The minimum atomic E-state index is -0.380. The van der Waals surface area contributed by atoms with E-state index < -0.39 is 0 Å². The molecule has 0 aromatic carbocycles. The summed E-state index contributed by atoms with van der Waals surface area (Å²) in [6.07, 6.45) is -0.380. The van der Waals surface area contributed by atoms with Crippen molar-refractivity contribution >= 4 is 6.09 Å². The normalized spacial score (nSPS) is 10.1. The Bertz CT molecular complexity index is 163. The lowest BCUT2D eigenvalue weighted by atomic mass is 10.7. The van der Waals surface area contributed by atoms with Crippen molar-refractivity contribution in [3.8, 4) is 0 Å². The van der Waals surface area contributed by atoms with Gasteiger partial charge in [0, 0.05) is 14.1 Å². The monoisotopic (exact) mass is 221 g/mol. The first-order valence-corrected chi connectivity index (χ1v) is 4.79. The molecule has 0 fully saturated rings. The highest BCUT2D eigenvalue weighted by atomic mass is 16.6. The van der Waals surface area contributed by atoms with Gasteiger partial charge in [-0.25, -0.2) is 4.79 Å². The number of amides is 1. The van der Waals surface area contributed by atoms with Crippen LogP contribution in [0.4, 0.5) is 4.79 Å². The first-order valence-electron chi connectivity index (χ1n) is 4.79. The lowest BCUT2D eigenvalue weighted by molar-refractivity contribution is 0.0159. The first-order chi connectivity index (χ1) is 7.18. The fourth-order valence-corrected chi connectivity index (χ4v) is 0.704. The Morgan fingerprint density at radius 2 is 1.60 bits per heavy atom. The Kier molecular flexibility index (Phi) is 9.15. The van der Waals surface area contributed by atoms with Crippen molar-refractivity contribution in [2.75, 3.05) is 53.7 Å². The van der Waals surface area contributed by atoms with Crippen molar-refractivity contribution in [3.63, 3.8) is 0 Å². The lowest BCUT2D eigenvalue weighted by Crippen LogP contribution is -2.24. The number of hydrogen-bond acceptors (Lipinski definition) is 5. The third-order valence-corrected chi connectivity index (χ3v) is 1.43. The van der Waals surface area contributed by atoms with E-state index in [9.17, 15) is 4.79 Å². The largest absolute Gasteiger partial charge is 0.447 e. The maximum absolute atomic E-state index is 10.9. The molecular formula is C9H19NO5.